The lowest BCUT2D eigenvalue weighted by Crippen LogP contribution is -2.59. The maximum Gasteiger partial charge on any atom is 0.294 e. The molecule has 1 aliphatic carbocycles. The molecule has 1 radical (unpaired) electrons. The van der Waals surface area contributed by atoms with E-state index in [-0.39, 0.29) is 0 Å². The minimum Gasteiger partial charge on any atom is -0.234 e. The highest BCUT2D eigenvalue weighted by molar-refractivity contribution is 5.17. The first-order valence-electron chi connectivity index (χ1n) is 2.13. The van der Waals surface area contributed by atoms with Crippen LogP contribution in [0.4, 0.5) is 22.0 Å². The van der Waals surface area contributed by atoms with Crippen LogP contribution in [-0.2, 0) is 0 Å². The molecule has 0 nitrogen and oxygen atoms in total. The van der Waals surface area contributed by atoms with Crippen molar-refractivity contribution in [3.63, 3.8) is 0 Å². The Labute approximate surface area is 47.7 Å². The number of halogens is 5. The molecule has 0 aromatic heterocycles. The van der Waals surface area contributed by atoms with Crippen molar-refractivity contribution < 1.29 is 22.0 Å². The second kappa shape index (κ2) is 1.38. The molecule has 0 aromatic rings. The van der Waals surface area contributed by atoms with Gasteiger partial charge in [-0.25, -0.2) is 22.0 Å². The lowest BCUT2D eigenvalue weighted by Gasteiger charge is -2.37. The summed E-state index contributed by atoms with van der Waals surface area (Å²) in [4.78, 5) is 0. The fourth-order valence-electron chi connectivity index (χ4n) is 0.563. The zero-order valence-corrected chi connectivity index (χ0v) is 4.04. The lowest BCUT2D eigenvalue weighted by atomic mass is 9.87. The van der Waals surface area contributed by atoms with E-state index in [1.807, 2.05) is 0 Å². The van der Waals surface area contributed by atoms with Crippen molar-refractivity contribution in [2.45, 2.75) is 18.0 Å². The van der Waals surface area contributed by atoms with Gasteiger partial charge in [-0.1, -0.05) is 0 Å². The van der Waals surface area contributed by atoms with Crippen LogP contribution in [-0.4, -0.2) is 18.0 Å². The maximum absolute atomic E-state index is 11.5. The van der Waals surface area contributed by atoms with Crippen LogP contribution < -0.4 is 0 Å². The smallest absolute Gasteiger partial charge is 0.234 e. The highest BCUT2D eigenvalue weighted by atomic mass is 19.3. The first-order chi connectivity index (χ1) is 3.86. The standard InChI is InChI=1S/C4H2F5/c5-2-3(6,7)1-4(2,8)9/h1-2H. The summed E-state index contributed by atoms with van der Waals surface area (Å²) in [5.74, 6) is -7.85. The number of hydrogen-bond acceptors (Lipinski definition) is 0. The van der Waals surface area contributed by atoms with Gasteiger partial charge < -0.3 is 0 Å². The predicted octanol–water partition coefficient (Wildman–Crippen LogP) is 1.81. The molecule has 1 aliphatic rings. The largest absolute Gasteiger partial charge is 0.294 e. The van der Waals surface area contributed by atoms with Gasteiger partial charge in [-0.05, 0) is 0 Å². The quantitative estimate of drug-likeness (QED) is 0.456. The third-order valence-corrected chi connectivity index (χ3v) is 1.06. The van der Waals surface area contributed by atoms with E-state index in [0.29, 0.717) is 0 Å². The molecule has 1 fully saturated rings. The third-order valence-electron chi connectivity index (χ3n) is 1.06. The molecule has 0 saturated heterocycles. The summed E-state index contributed by atoms with van der Waals surface area (Å²) >= 11 is 0. The van der Waals surface area contributed by atoms with E-state index in [9.17, 15) is 22.0 Å². The van der Waals surface area contributed by atoms with Crippen LogP contribution >= 0.6 is 0 Å². The molecular weight excluding hydrogens is 143 g/mol. The van der Waals surface area contributed by atoms with Gasteiger partial charge in [0.2, 0.25) is 6.17 Å². The zero-order chi connectivity index (χ0) is 7.28. The molecule has 0 aromatic carbocycles. The van der Waals surface area contributed by atoms with Crippen LogP contribution in [0.15, 0.2) is 0 Å². The molecule has 9 heavy (non-hydrogen) atoms. The Morgan fingerprint density at radius 2 is 1.33 bits per heavy atom. The predicted molar refractivity (Wildman–Crippen MR) is 19.1 cm³/mol. The number of hydrogen-bond donors (Lipinski definition) is 0. The van der Waals surface area contributed by atoms with Crippen LogP contribution in [0, 0.1) is 6.42 Å². The van der Waals surface area contributed by atoms with Gasteiger partial charge in [-0.3, -0.25) is 0 Å². The monoisotopic (exact) mass is 145 g/mol. The summed E-state index contributed by atoms with van der Waals surface area (Å²) in [6.07, 6.45) is -3.92. The summed E-state index contributed by atoms with van der Waals surface area (Å²) in [5.41, 5.74) is 0. The van der Waals surface area contributed by atoms with Gasteiger partial charge in [-0.2, -0.15) is 0 Å². The number of alkyl halides is 5. The molecular formula is C4H2F5. The van der Waals surface area contributed by atoms with E-state index < -0.39 is 24.4 Å². The Balaban J connectivity index is 2.62. The Morgan fingerprint density at radius 1 is 1.00 bits per heavy atom. The average molecular weight is 145 g/mol. The second-order valence-electron chi connectivity index (χ2n) is 1.86. The number of rotatable bonds is 0. The minimum absolute atomic E-state index is 0.593. The summed E-state index contributed by atoms with van der Waals surface area (Å²) in [6, 6.07) is 0. The van der Waals surface area contributed by atoms with Crippen LogP contribution in [0.25, 0.3) is 0 Å². The van der Waals surface area contributed by atoms with E-state index in [1.165, 1.54) is 0 Å². The van der Waals surface area contributed by atoms with Gasteiger partial charge in [0.1, 0.15) is 6.42 Å². The summed E-state index contributed by atoms with van der Waals surface area (Å²) in [7, 11) is 0. The van der Waals surface area contributed by atoms with Crippen molar-refractivity contribution in [1.82, 2.24) is 0 Å². The zero-order valence-electron chi connectivity index (χ0n) is 4.04. The van der Waals surface area contributed by atoms with Crippen molar-refractivity contribution >= 4 is 0 Å². The van der Waals surface area contributed by atoms with Crippen molar-refractivity contribution in [3.05, 3.63) is 6.42 Å². The molecule has 1 saturated carbocycles. The molecule has 0 amide bonds. The highest BCUT2D eigenvalue weighted by Crippen LogP contribution is 2.50. The normalized spacial score (nSPS) is 31.7. The lowest BCUT2D eigenvalue weighted by molar-refractivity contribution is -0.233. The fourth-order valence-corrected chi connectivity index (χ4v) is 0.563. The van der Waals surface area contributed by atoms with E-state index in [2.05, 4.69) is 0 Å². The van der Waals surface area contributed by atoms with Gasteiger partial charge >= 0.3 is 0 Å². The molecule has 0 spiro atoms. The van der Waals surface area contributed by atoms with Gasteiger partial charge in [0.15, 0.2) is 0 Å². The van der Waals surface area contributed by atoms with Crippen molar-refractivity contribution in [2.24, 2.45) is 0 Å². The van der Waals surface area contributed by atoms with E-state index >= 15 is 0 Å². The molecule has 0 N–H and O–H groups in total. The first-order valence-corrected chi connectivity index (χ1v) is 2.13. The van der Waals surface area contributed by atoms with Crippen LogP contribution in [0.3, 0.4) is 0 Å². The van der Waals surface area contributed by atoms with Crippen LogP contribution in [0.5, 0.6) is 0 Å². The molecule has 0 aliphatic heterocycles. The van der Waals surface area contributed by atoms with Crippen LogP contribution in [0.2, 0.25) is 0 Å². The van der Waals surface area contributed by atoms with Crippen LogP contribution in [0.1, 0.15) is 0 Å². The van der Waals surface area contributed by atoms with Gasteiger partial charge in [-0.15, -0.1) is 0 Å². The van der Waals surface area contributed by atoms with Crippen molar-refractivity contribution in [3.8, 4) is 0 Å². The maximum atomic E-state index is 11.5. The Kier molecular flexibility index (Phi) is 1.04. The van der Waals surface area contributed by atoms with Crippen molar-refractivity contribution in [1.29, 1.82) is 0 Å². The van der Waals surface area contributed by atoms with Crippen molar-refractivity contribution in [2.75, 3.05) is 0 Å². The second-order valence-corrected chi connectivity index (χ2v) is 1.86. The highest BCUT2D eigenvalue weighted by Gasteiger charge is 2.70. The summed E-state index contributed by atoms with van der Waals surface area (Å²) < 4.78 is 57.6. The Morgan fingerprint density at radius 3 is 1.33 bits per heavy atom. The molecule has 1 rings (SSSR count). The van der Waals surface area contributed by atoms with Gasteiger partial charge in [0, 0.05) is 0 Å². The fraction of sp³-hybridized carbons (Fsp3) is 0.750. The molecule has 0 unspecified atom stereocenters. The SMILES string of the molecule is FC1C(F)(F)[CH]C1(F)F. The first kappa shape index (κ1) is 6.77. The molecule has 0 bridgehead atoms. The topological polar surface area (TPSA) is 0 Å². The minimum atomic E-state index is -3.93. The third kappa shape index (κ3) is 0.784. The molecule has 5 heteroatoms. The van der Waals surface area contributed by atoms with Gasteiger partial charge in [0.05, 0.1) is 0 Å². The summed E-state index contributed by atoms with van der Waals surface area (Å²) in [6.45, 7) is 0. The van der Waals surface area contributed by atoms with E-state index in [1.54, 1.807) is 0 Å². The summed E-state index contributed by atoms with van der Waals surface area (Å²) in [5, 5.41) is 0. The Hall–Kier alpha value is -0.350. The van der Waals surface area contributed by atoms with E-state index in [4.69, 9.17) is 0 Å². The van der Waals surface area contributed by atoms with Gasteiger partial charge in [0.25, 0.3) is 11.8 Å². The molecule has 0 atom stereocenters. The van der Waals surface area contributed by atoms with E-state index in [0.717, 1.165) is 0 Å². The molecule has 0 heterocycles. The average Bonchev–Trinajstić information content (AvgIpc) is 1.63. The Bertz CT molecular complexity index is 115. The molecule has 53 valence electrons.